The zero-order chi connectivity index (χ0) is 12.6. The standard InChI is InChI=1S/C11H22N2O.C2H6/c1-9(2)13-6-4-10(5-7-13)8-11(14)12-3;1-2/h9-10H,4-8H2,1-3H3,(H,12,14);1-2H3. The maximum atomic E-state index is 11.2. The molecule has 0 aliphatic carbocycles. The van der Waals surface area contributed by atoms with Crippen LogP contribution in [-0.4, -0.2) is 37.0 Å². The average molecular weight is 228 g/mol. The van der Waals surface area contributed by atoms with E-state index in [1.165, 1.54) is 12.8 Å². The van der Waals surface area contributed by atoms with Crippen molar-refractivity contribution in [2.75, 3.05) is 20.1 Å². The fourth-order valence-electron chi connectivity index (χ4n) is 2.04. The Morgan fingerprint density at radius 3 is 2.19 bits per heavy atom. The highest BCUT2D eigenvalue weighted by Crippen LogP contribution is 2.21. The van der Waals surface area contributed by atoms with E-state index in [0.717, 1.165) is 13.1 Å². The summed E-state index contributed by atoms with van der Waals surface area (Å²) in [6.07, 6.45) is 3.06. The van der Waals surface area contributed by atoms with Gasteiger partial charge in [-0.3, -0.25) is 4.79 Å². The molecule has 0 spiro atoms. The van der Waals surface area contributed by atoms with Crippen molar-refractivity contribution in [2.45, 2.75) is 53.0 Å². The van der Waals surface area contributed by atoms with E-state index in [9.17, 15) is 4.79 Å². The fourth-order valence-corrected chi connectivity index (χ4v) is 2.04. The Balaban J connectivity index is 0.00000106. The number of piperidine rings is 1. The molecular formula is C13H28N2O. The van der Waals surface area contributed by atoms with Crippen molar-refractivity contribution in [3.05, 3.63) is 0 Å². The molecule has 0 aromatic rings. The largest absolute Gasteiger partial charge is 0.359 e. The van der Waals surface area contributed by atoms with Crippen LogP contribution in [0.2, 0.25) is 0 Å². The molecular weight excluding hydrogens is 200 g/mol. The number of rotatable bonds is 3. The number of amides is 1. The smallest absolute Gasteiger partial charge is 0.220 e. The number of nitrogens with zero attached hydrogens (tertiary/aromatic N) is 1. The Kier molecular flexibility index (Phi) is 8.26. The molecule has 1 rings (SSSR count). The topological polar surface area (TPSA) is 32.3 Å². The van der Waals surface area contributed by atoms with Gasteiger partial charge in [0.15, 0.2) is 0 Å². The summed E-state index contributed by atoms with van der Waals surface area (Å²) in [5.41, 5.74) is 0. The zero-order valence-electron chi connectivity index (χ0n) is 11.5. The molecule has 0 saturated carbocycles. The first-order valence-corrected chi connectivity index (χ1v) is 6.58. The van der Waals surface area contributed by atoms with Crippen molar-refractivity contribution >= 4 is 5.91 Å². The van der Waals surface area contributed by atoms with E-state index in [1.807, 2.05) is 13.8 Å². The lowest BCUT2D eigenvalue weighted by Crippen LogP contribution is -2.39. The van der Waals surface area contributed by atoms with Gasteiger partial charge in [-0.15, -0.1) is 0 Å². The predicted octanol–water partition coefficient (Wildman–Crippen LogP) is 2.27. The van der Waals surface area contributed by atoms with E-state index in [2.05, 4.69) is 24.1 Å². The summed E-state index contributed by atoms with van der Waals surface area (Å²) in [6, 6.07) is 0.649. The number of carbonyl (C=O) groups is 1. The lowest BCUT2D eigenvalue weighted by molar-refractivity contribution is -0.121. The Morgan fingerprint density at radius 1 is 1.31 bits per heavy atom. The first-order chi connectivity index (χ1) is 7.63. The molecule has 0 bridgehead atoms. The van der Waals surface area contributed by atoms with Crippen LogP contribution >= 0.6 is 0 Å². The highest BCUT2D eigenvalue weighted by molar-refractivity contribution is 5.75. The Labute approximate surface area is 101 Å². The number of hydrogen-bond acceptors (Lipinski definition) is 2. The quantitative estimate of drug-likeness (QED) is 0.803. The predicted molar refractivity (Wildman–Crippen MR) is 69.5 cm³/mol. The SMILES string of the molecule is CC.CNC(=O)CC1CCN(C(C)C)CC1. The maximum Gasteiger partial charge on any atom is 0.220 e. The summed E-state index contributed by atoms with van der Waals surface area (Å²) in [5, 5.41) is 2.69. The molecule has 3 heteroatoms. The van der Waals surface area contributed by atoms with Crippen LogP contribution in [0.15, 0.2) is 0 Å². The summed E-state index contributed by atoms with van der Waals surface area (Å²) < 4.78 is 0. The van der Waals surface area contributed by atoms with Crippen LogP contribution in [0.5, 0.6) is 0 Å². The van der Waals surface area contributed by atoms with Crippen LogP contribution in [0.3, 0.4) is 0 Å². The van der Waals surface area contributed by atoms with E-state index in [1.54, 1.807) is 7.05 Å². The molecule has 16 heavy (non-hydrogen) atoms. The Morgan fingerprint density at radius 2 is 1.81 bits per heavy atom. The average Bonchev–Trinajstić information content (AvgIpc) is 2.32. The molecule has 0 atom stereocenters. The first kappa shape index (κ1) is 15.4. The number of likely N-dealkylation sites (tertiary alicyclic amines) is 1. The van der Waals surface area contributed by atoms with Gasteiger partial charge >= 0.3 is 0 Å². The van der Waals surface area contributed by atoms with Gasteiger partial charge in [-0.25, -0.2) is 0 Å². The molecule has 1 aliphatic rings. The molecule has 1 fully saturated rings. The minimum absolute atomic E-state index is 0.188. The summed E-state index contributed by atoms with van der Waals surface area (Å²) in [4.78, 5) is 13.7. The van der Waals surface area contributed by atoms with Gasteiger partial charge in [-0.2, -0.15) is 0 Å². The highest BCUT2D eigenvalue weighted by Gasteiger charge is 2.22. The van der Waals surface area contributed by atoms with Gasteiger partial charge in [-0.1, -0.05) is 13.8 Å². The minimum atomic E-state index is 0.188. The Bertz CT molecular complexity index is 184. The lowest BCUT2D eigenvalue weighted by Gasteiger charge is -2.34. The summed E-state index contributed by atoms with van der Waals surface area (Å²) in [5.74, 6) is 0.790. The van der Waals surface area contributed by atoms with Gasteiger partial charge in [-0.05, 0) is 45.7 Å². The van der Waals surface area contributed by atoms with Crippen molar-refractivity contribution in [3.8, 4) is 0 Å². The number of carbonyl (C=O) groups excluding carboxylic acids is 1. The van der Waals surface area contributed by atoms with Gasteiger partial charge in [0.25, 0.3) is 0 Å². The molecule has 0 aromatic heterocycles. The molecule has 1 saturated heterocycles. The second-order valence-corrected chi connectivity index (χ2v) is 4.45. The van der Waals surface area contributed by atoms with Crippen LogP contribution in [-0.2, 0) is 4.79 Å². The zero-order valence-corrected chi connectivity index (χ0v) is 11.5. The molecule has 0 radical (unpaired) electrons. The summed E-state index contributed by atoms with van der Waals surface area (Å²) in [7, 11) is 1.71. The van der Waals surface area contributed by atoms with Crippen LogP contribution in [0.25, 0.3) is 0 Å². The molecule has 1 aliphatic heterocycles. The van der Waals surface area contributed by atoms with Crippen LogP contribution in [0, 0.1) is 5.92 Å². The van der Waals surface area contributed by atoms with Crippen LogP contribution in [0.1, 0.15) is 47.0 Å². The van der Waals surface area contributed by atoms with Gasteiger partial charge in [0.1, 0.15) is 0 Å². The minimum Gasteiger partial charge on any atom is -0.359 e. The molecule has 0 aromatic carbocycles. The van der Waals surface area contributed by atoms with E-state index < -0.39 is 0 Å². The third-order valence-corrected chi connectivity index (χ3v) is 3.13. The number of nitrogens with one attached hydrogen (secondary N) is 1. The third-order valence-electron chi connectivity index (χ3n) is 3.13. The van der Waals surface area contributed by atoms with Crippen molar-refractivity contribution in [3.63, 3.8) is 0 Å². The monoisotopic (exact) mass is 228 g/mol. The van der Waals surface area contributed by atoms with Gasteiger partial charge < -0.3 is 10.2 Å². The molecule has 1 heterocycles. The van der Waals surface area contributed by atoms with Crippen molar-refractivity contribution in [1.82, 2.24) is 10.2 Å². The third kappa shape index (κ3) is 5.50. The Hall–Kier alpha value is -0.570. The fraction of sp³-hybridized carbons (Fsp3) is 0.923. The van der Waals surface area contributed by atoms with E-state index in [0.29, 0.717) is 18.4 Å². The highest BCUT2D eigenvalue weighted by atomic mass is 16.1. The van der Waals surface area contributed by atoms with Crippen LogP contribution < -0.4 is 5.32 Å². The van der Waals surface area contributed by atoms with Gasteiger partial charge in [0.05, 0.1) is 0 Å². The molecule has 1 N–H and O–H groups in total. The van der Waals surface area contributed by atoms with E-state index in [4.69, 9.17) is 0 Å². The van der Waals surface area contributed by atoms with Gasteiger partial charge in [0.2, 0.25) is 5.91 Å². The summed E-state index contributed by atoms with van der Waals surface area (Å²) in [6.45, 7) is 10.8. The van der Waals surface area contributed by atoms with Gasteiger partial charge in [0, 0.05) is 19.5 Å². The number of hydrogen-bond donors (Lipinski definition) is 1. The maximum absolute atomic E-state index is 11.2. The normalized spacial score (nSPS) is 17.9. The van der Waals surface area contributed by atoms with Crippen molar-refractivity contribution < 1.29 is 4.79 Å². The molecule has 96 valence electrons. The second-order valence-electron chi connectivity index (χ2n) is 4.45. The first-order valence-electron chi connectivity index (χ1n) is 6.58. The lowest BCUT2D eigenvalue weighted by atomic mass is 9.92. The van der Waals surface area contributed by atoms with Crippen LogP contribution in [0.4, 0.5) is 0 Å². The van der Waals surface area contributed by atoms with E-state index in [-0.39, 0.29) is 5.91 Å². The van der Waals surface area contributed by atoms with E-state index >= 15 is 0 Å². The summed E-state index contributed by atoms with van der Waals surface area (Å²) >= 11 is 0. The molecule has 1 amide bonds. The molecule has 0 unspecified atom stereocenters. The van der Waals surface area contributed by atoms with Crippen molar-refractivity contribution in [2.24, 2.45) is 5.92 Å². The van der Waals surface area contributed by atoms with Crippen molar-refractivity contribution in [1.29, 1.82) is 0 Å². The second kappa shape index (κ2) is 8.57. The molecule has 3 nitrogen and oxygen atoms in total.